The first kappa shape index (κ1) is 25.4. The largest absolute Gasteiger partial charge is 0.434 e. The lowest BCUT2D eigenvalue weighted by Gasteiger charge is -2.11. The van der Waals surface area contributed by atoms with Crippen LogP contribution in [0.2, 0.25) is 0 Å². The van der Waals surface area contributed by atoms with E-state index in [1.807, 2.05) is 0 Å². The van der Waals surface area contributed by atoms with Gasteiger partial charge in [-0.1, -0.05) is 19.3 Å². The lowest BCUT2D eigenvalue weighted by atomic mass is 10.1. The molecule has 152 valence electrons. The average molecular weight is 507 g/mol. The minimum atomic E-state index is -4.39. The monoisotopic (exact) mass is 507 g/mol. The number of aromatic nitrogens is 1. The Hall–Kier alpha value is -0.620. The molecule has 0 unspecified atom stereocenters. The molecule has 0 amide bonds. The van der Waals surface area contributed by atoms with Crippen molar-refractivity contribution in [1.82, 2.24) is 20.5 Å². The van der Waals surface area contributed by atoms with Crippen LogP contribution < -0.4 is 10.6 Å². The standard InChI is InChI=1S/C16H28F3N5S.HI/c1-20-15(21-9-7-5-4-6-8-10-24(2)3)22-11-14-23-13(12-25-14)16(17,18)19;/h12H,4-11H2,1-3H3,(H2,20,21,22);1H. The third-order valence-electron chi connectivity index (χ3n) is 3.55. The third kappa shape index (κ3) is 11.2. The van der Waals surface area contributed by atoms with Crippen molar-refractivity contribution in [2.45, 2.75) is 44.8 Å². The van der Waals surface area contributed by atoms with Crippen LogP contribution in [0.3, 0.4) is 0 Å². The summed E-state index contributed by atoms with van der Waals surface area (Å²) in [5.41, 5.74) is -0.841. The lowest BCUT2D eigenvalue weighted by Crippen LogP contribution is -2.37. The molecule has 26 heavy (non-hydrogen) atoms. The van der Waals surface area contributed by atoms with Crippen molar-refractivity contribution in [3.63, 3.8) is 0 Å². The predicted octanol–water partition coefficient (Wildman–Crippen LogP) is 3.96. The van der Waals surface area contributed by atoms with Crippen molar-refractivity contribution < 1.29 is 13.2 Å². The summed E-state index contributed by atoms with van der Waals surface area (Å²) in [4.78, 5) is 9.84. The van der Waals surface area contributed by atoms with E-state index in [2.05, 4.69) is 39.6 Å². The van der Waals surface area contributed by atoms with E-state index < -0.39 is 11.9 Å². The van der Waals surface area contributed by atoms with Crippen LogP contribution in [0.5, 0.6) is 0 Å². The maximum atomic E-state index is 12.5. The van der Waals surface area contributed by atoms with Gasteiger partial charge in [0, 0.05) is 19.0 Å². The zero-order chi connectivity index (χ0) is 18.7. The molecule has 0 fully saturated rings. The van der Waals surface area contributed by atoms with Crippen LogP contribution >= 0.6 is 35.3 Å². The molecule has 0 atom stereocenters. The number of nitrogens with one attached hydrogen (secondary N) is 2. The van der Waals surface area contributed by atoms with Crippen molar-refractivity contribution in [2.24, 2.45) is 4.99 Å². The maximum absolute atomic E-state index is 12.5. The highest BCUT2D eigenvalue weighted by atomic mass is 127. The number of rotatable bonds is 10. The first-order chi connectivity index (χ1) is 11.8. The van der Waals surface area contributed by atoms with Gasteiger partial charge >= 0.3 is 6.18 Å². The van der Waals surface area contributed by atoms with Gasteiger partial charge in [-0.2, -0.15) is 13.2 Å². The van der Waals surface area contributed by atoms with Gasteiger partial charge in [-0.3, -0.25) is 4.99 Å². The molecule has 0 spiro atoms. The maximum Gasteiger partial charge on any atom is 0.434 e. The molecule has 1 aromatic rings. The fourth-order valence-corrected chi connectivity index (χ4v) is 2.93. The van der Waals surface area contributed by atoms with E-state index in [1.165, 1.54) is 19.3 Å². The van der Waals surface area contributed by atoms with Crippen LogP contribution in [0.25, 0.3) is 0 Å². The number of hydrogen-bond donors (Lipinski definition) is 2. The number of unbranched alkanes of at least 4 members (excludes halogenated alkanes) is 4. The lowest BCUT2D eigenvalue weighted by molar-refractivity contribution is -0.140. The molecule has 0 aliphatic carbocycles. The van der Waals surface area contributed by atoms with Crippen molar-refractivity contribution in [1.29, 1.82) is 0 Å². The second kappa shape index (κ2) is 13.5. The highest BCUT2D eigenvalue weighted by Crippen LogP contribution is 2.29. The number of guanidine groups is 1. The number of aliphatic imine (C=N–C) groups is 1. The summed E-state index contributed by atoms with van der Waals surface area (Å²) in [6, 6.07) is 0. The summed E-state index contributed by atoms with van der Waals surface area (Å²) in [7, 11) is 5.80. The quantitative estimate of drug-likeness (QED) is 0.218. The molecule has 2 N–H and O–H groups in total. The Balaban J connectivity index is 0.00000625. The van der Waals surface area contributed by atoms with Gasteiger partial charge in [-0.15, -0.1) is 35.3 Å². The second-order valence-corrected chi connectivity index (χ2v) is 6.99. The highest BCUT2D eigenvalue weighted by Gasteiger charge is 2.33. The summed E-state index contributed by atoms with van der Waals surface area (Å²) in [6.45, 7) is 2.14. The number of nitrogens with zero attached hydrogens (tertiary/aromatic N) is 3. The Morgan fingerprint density at radius 3 is 2.38 bits per heavy atom. The molecule has 0 aliphatic heterocycles. The molecule has 10 heteroatoms. The Labute approximate surface area is 174 Å². The Morgan fingerprint density at radius 2 is 1.81 bits per heavy atom. The fourth-order valence-electron chi connectivity index (χ4n) is 2.19. The van der Waals surface area contributed by atoms with Gasteiger partial charge in [-0.25, -0.2) is 4.98 Å². The van der Waals surface area contributed by atoms with E-state index in [0.717, 1.165) is 42.6 Å². The summed E-state index contributed by atoms with van der Waals surface area (Å²) in [5.74, 6) is 0.580. The molecule has 0 aliphatic rings. The molecule has 1 aromatic heterocycles. The predicted molar refractivity (Wildman–Crippen MR) is 112 cm³/mol. The molecule has 0 radical (unpaired) electrons. The molecule has 0 aromatic carbocycles. The van der Waals surface area contributed by atoms with Crippen LogP contribution in [0.15, 0.2) is 10.4 Å². The SMILES string of the molecule is CN=C(NCCCCCCCN(C)C)NCc1nc(C(F)(F)F)cs1.I. The van der Waals surface area contributed by atoms with Gasteiger partial charge in [0.05, 0.1) is 6.54 Å². The normalized spacial score (nSPS) is 12.2. The van der Waals surface area contributed by atoms with E-state index in [1.54, 1.807) is 7.05 Å². The summed E-state index contributed by atoms with van der Waals surface area (Å²) in [5, 5.41) is 7.58. The third-order valence-corrected chi connectivity index (χ3v) is 4.40. The number of halogens is 4. The van der Waals surface area contributed by atoms with E-state index in [9.17, 15) is 13.2 Å². The molecular weight excluding hydrogens is 478 g/mol. The number of hydrogen-bond acceptors (Lipinski definition) is 4. The average Bonchev–Trinajstić information content (AvgIpc) is 3.01. The summed E-state index contributed by atoms with van der Waals surface area (Å²) >= 11 is 0.991. The van der Waals surface area contributed by atoms with Crippen molar-refractivity contribution in [2.75, 3.05) is 34.2 Å². The molecule has 0 bridgehead atoms. The topological polar surface area (TPSA) is 52.6 Å². The molecule has 1 heterocycles. The van der Waals surface area contributed by atoms with E-state index >= 15 is 0 Å². The van der Waals surface area contributed by atoms with Gasteiger partial charge in [0.1, 0.15) is 5.01 Å². The van der Waals surface area contributed by atoms with Gasteiger partial charge in [0.15, 0.2) is 11.7 Å². The van der Waals surface area contributed by atoms with Crippen molar-refractivity contribution in [3.05, 3.63) is 16.1 Å². The summed E-state index contributed by atoms with van der Waals surface area (Å²) < 4.78 is 37.5. The van der Waals surface area contributed by atoms with Crippen molar-refractivity contribution >= 4 is 41.3 Å². The Morgan fingerprint density at radius 1 is 1.15 bits per heavy atom. The minimum Gasteiger partial charge on any atom is -0.356 e. The van der Waals surface area contributed by atoms with Crippen molar-refractivity contribution in [3.8, 4) is 0 Å². The van der Waals surface area contributed by atoms with E-state index in [4.69, 9.17) is 0 Å². The number of thiazole rings is 1. The van der Waals surface area contributed by atoms with Gasteiger partial charge < -0.3 is 15.5 Å². The first-order valence-corrected chi connectivity index (χ1v) is 9.31. The van der Waals surface area contributed by atoms with Gasteiger partial charge in [0.2, 0.25) is 0 Å². The zero-order valence-electron chi connectivity index (χ0n) is 15.5. The van der Waals surface area contributed by atoms with E-state index in [0.29, 0.717) is 11.0 Å². The molecule has 1 rings (SSSR count). The van der Waals surface area contributed by atoms with Crippen LogP contribution in [-0.4, -0.2) is 50.1 Å². The second-order valence-electron chi connectivity index (χ2n) is 6.05. The molecule has 5 nitrogen and oxygen atoms in total. The zero-order valence-corrected chi connectivity index (χ0v) is 18.7. The van der Waals surface area contributed by atoms with Gasteiger partial charge in [0.25, 0.3) is 0 Å². The molecular formula is C16H29F3IN5S. The first-order valence-electron chi connectivity index (χ1n) is 8.43. The number of alkyl halides is 3. The smallest absolute Gasteiger partial charge is 0.356 e. The minimum absolute atomic E-state index is 0. The molecule has 0 saturated carbocycles. The van der Waals surface area contributed by atoms with Crippen LogP contribution in [-0.2, 0) is 12.7 Å². The molecule has 0 saturated heterocycles. The Bertz CT molecular complexity index is 520. The van der Waals surface area contributed by atoms with Crippen LogP contribution in [0.4, 0.5) is 13.2 Å². The van der Waals surface area contributed by atoms with Crippen LogP contribution in [0, 0.1) is 0 Å². The highest BCUT2D eigenvalue weighted by molar-refractivity contribution is 14.0. The summed E-state index contributed by atoms with van der Waals surface area (Å²) in [6.07, 6.45) is 1.47. The van der Waals surface area contributed by atoms with E-state index in [-0.39, 0.29) is 30.5 Å². The Kier molecular flexibility index (Phi) is 13.2. The fraction of sp³-hybridized carbons (Fsp3) is 0.750. The van der Waals surface area contributed by atoms with Crippen LogP contribution in [0.1, 0.15) is 42.8 Å². The van der Waals surface area contributed by atoms with Gasteiger partial charge in [-0.05, 0) is 33.5 Å².